The topological polar surface area (TPSA) is 80.1 Å². The third-order valence-corrected chi connectivity index (χ3v) is 3.46. The van der Waals surface area contributed by atoms with Crippen molar-refractivity contribution in [2.75, 3.05) is 18.0 Å². The van der Waals surface area contributed by atoms with Gasteiger partial charge < -0.3 is 15.4 Å². The first kappa shape index (κ1) is 14.3. The zero-order chi connectivity index (χ0) is 14.0. The van der Waals surface area contributed by atoms with Crippen molar-refractivity contribution in [1.29, 1.82) is 0 Å². The monoisotopic (exact) mass is 267 g/mol. The predicted molar refractivity (Wildman–Crippen MR) is 74.9 cm³/mol. The van der Waals surface area contributed by atoms with Crippen molar-refractivity contribution >= 4 is 5.95 Å². The van der Waals surface area contributed by atoms with Crippen LogP contribution in [0.1, 0.15) is 39.9 Å². The number of hydrogen-bond acceptors (Lipinski definition) is 5. The number of ether oxygens (including phenoxy) is 1. The molecule has 2 unspecified atom stereocenters. The van der Waals surface area contributed by atoms with Crippen molar-refractivity contribution in [2.24, 2.45) is 11.7 Å². The molecule has 2 heterocycles. The molecule has 0 bridgehead atoms. The van der Waals surface area contributed by atoms with Gasteiger partial charge in [-0.05, 0) is 33.1 Å². The van der Waals surface area contributed by atoms with E-state index in [4.69, 9.17) is 10.5 Å². The third kappa shape index (κ3) is 3.91. The van der Waals surface area contributed by atoms with Crippen LogP contribution in [-0.2, 0) is 11.3 Å². The highest BCUT2D eigenvalue weighted by Crippen LogP contribution is 2.19. The summed E-state index contributed by atoms with van der Waals surface area (Å²) in [5.41, 5.74) is 5.93. The molecule has 0 radical (unpaired) electrons. The number of nitrogens with zero attached hydrogens (tertiary/aromatic N) is 3. The lowest BCUT2D eigenvalue weighted by atomic mass is 9.95. The molecule has 0 aliphatic carbocycles. The minimum absolute atomic E-state index is 0.171. The number of piperidine rings is 1. The van der Waals surface area contributed by atoms with Crippen LogP contribution in [0.15, 0.2) is 0 Å². The quantitative estimate of drug-likeness (QED) is 0.862. The zero-order valence-electron chi connectivity index (χ0n) is 12.3. The minimum Gasteiger partial charge on any atom is -0.368 e. The largest absolute Gasteiger partial charge is 0.368 e. The number of nitrogens with two attached hydrogens (primary N) is 1. The Balaban J connectivity index is 1.93. The fourth-order valence-electron chi connectivity index (χ4n) is 2.06. The Labute approximate surface area is 114 Å². The summed E-state index contributed by atoms with van der Waals surface area (Å²) in [4.78, 5) is 6.62. The van der Waals surface area contributed by atoms with Crippen LogP contribution in [0.3, 0.4) is 0 Å². The molecular formula is C13H25N5O. The van der Waals surface area contributed by atoms with E-state index in [1.54, 1.807) is 0 Å². The standard InChI is InChI=1S/C13H25N5O/c1-9-5-6-18(7-10(9)14)12-15-11(16-17-12)8-19-13(2,3)4/h9-10H,5-8,14H2,1-4H3,(H,15,16,17). The first-order chi connectivity index (χ1) is 8.85. The van der Waals surface area contributed by atoms with E-state index in [-0.39, 0.29) is 11.6 Å². The van der Waals surface area contributed by atoms with Gasteiger partial charge in [-0.15, -0.1) is 5.10 Å². The summed E-state index contributed by atoms with van der Waals surface area (Å²) in [6.07, 6.45) is 1.09. The molecule has 0 spiro atoms. The highest BCUT2D eigenvalue weighted by Gasteiger charge is 2.25. The molecule has 2 rings (SSSR count). The second kappa shape index (κ2) is 5.46. The SMILES string of the molecule is CC1CCN(c2n[nH]c(COC(C)(C)C)n2)CC1N. The molecule has 2 atom stereocenters. The highest BCUT2D eigenvalue weighted by atomic mass is 16.5. The van der Waals surface area contributed by atoms with Crippen LogP contribution >= 0.6 is 0 Å². The minimum atomic E-state index is -0.171. The van der Waals surface area contributed by atoms with E-state index in [2.05, 4.69) is 27.0 Å². The average Bonchev–Trinajstić information content (AvgIpc) is 2.78. The van der Waals surface area contributed by atoms with Crippen molar-refractivity contribution < 1.29 is 4.74 Å². The van der Waals surface area contributed by atoms with E-state index in [0.29, 0.717) is 12.5 Å². The third-order valence-electron chi connectivity index (χ3n) is 3.46. The lowest BCUT2D eigenvalue weighted by Gasteiger charge is -2.34. The summed E-state index contributed by atoms with van der Waals surface area (Å²) in [5.74, 6) is 2.06. The van der Waals surface area contributed by atoms with Crippen LogP contribution in [0, 0.1) is 5.92 Å². The molecule has 0 saturated carbocycles. The summed E-state index contributed by atoms with van der Waals surface area (Å²) < 4.78 is 5.68. The van der Waals surface area contributed by atoms with Gasteiger partial charge >= 0.3 is 0 Å². The normalized spacial score (nSPS) is 24.8. The van der Waals surface area contributed by atoms with Crippen molar-refractivity contribution in [3.8, 4) is 0 Å². The van der Waals surface area contributed by atoms with Crippen molar-refractivity contribution in [3.63, 3.8) is 0 Å². The second-order valence-corrected chi connectivity index (χ2v) is 6.36. The molecule has 0 aromatic carbocycles. The Bertz CT molecular complexity index is 411. The van der Waals surface area contributed by atoms with E-state index in [0.717, 1.165) is 31.3 Å². The lowest BCUT2D eigenvalue weighted by Crippen LogP contribution is -2.48. The maximum absolute atomic E-state index is 6.10. The van der Waals surface area contributed by atoms with Gasteiger partial charge in [0.2, 0.25) is 5.95 Å². The van der Waals surface area contributed by atoms with Gasteiger partial charge in [-0.25, -0.2) is 0 Å². The fourth-order valence-corrected chi connectivity index (χ4v) is 2.06. The summed E-state index contributed by atoms with van der Waals surface area (Å²) in [6.45, 7) is 10.5. The summed E-state index contributed by atoms with van der Waals surface area (Å²) >= 11 is 0. The number of aromatic nitrogens is 3. The van der Waals surface area contributed by atoms with E-state index in [1.807, 2.05) is 20.8 Å². The van der Waals surface area contributed by atoms with Crippen LogP contribution in [0.25, 0.3) is 0 Å². The van der Waals surface area contributed by atoms with Crippen LogP contribution < -0.4 is 10.6 Å². The van der Waals surface area contributed by atoms with Crippen LogP contribution in [0.5, 0.6) is 0 Å². The molecule has 0 amide bonds. The number of anilines is 1. The molecule has 6 nitrogen and oxygen atoms in total. The molecule has 1 saturated heterocycles. The van der Waals surface area contributed by atoms with Gasteiger partial charge in [-0.1, -0.05) is 6.92 Å². The Morgan fingerprint density at radius 1 is 1.47 bits per heavy atom. The lowest BCUT2D eigenvalue weighted by molar-refractivity contribution is -0.0179. The van der Waals surface area contributed by atoms with Gasteiger partial charge in [-0.2, -0.15) is 4.98 Å². The van der Waals surface area contributed by atoms with E-state index in [1.165, 1.54) is 0 Å². The number of rotatable bonds is 3. The molecular weight excluding hydrogens is 242 g/mol. The fraction of sp³-hybridized carbons (Fsp3) is 0.846. The molecule has 1 aliphatic rings. The van der Waals surface area contributed by atoms with Gasteiger partial charge in [0.1, 0.15) is 6.61 Å². The molecule has 1 fully saturated rings. The second-order valence-electron chi connectivity index (χ2n) is 6.36. The van der Waals surface area contributed by atoms with E-state index < -0.39 is 0 Å². The molecule has 19 heavy (non-hydrogen) atoms. The van der Waals surface area contributed by atoms with Gasteiger partial charge in [0, 0.05) is 19.1 Å². The first-order valence-electron chi connectivity index (χ1n) is 6.91. The molecule has 1 aromatic heterocycles. The summed E-state index contributed by atoms with van der Waals surface area (Å²) in [7, 11) is 0. The first-order valence-corrected chi connectivity index (χ1v) is 6.91. The molecule has 108 valence electrons. The van der Waals surface area contributed by atoms with Crippen LogP contribution in [0.2, 0.25) is 0 Å². The number of nitrogens with one attached hydrogen (secondary N) is 1. The van der Waals surface area contributed by atoms with Crippen molar-refractivity contribution in [3.05, 3.63) is 5.82 Å². The summed E-state index contributed by atoms with van der Waals surface area (Å²) in [6, 6.07) is 0.196. The van der Waals surface area contributed by atoms with Crippen LogP contribution in [0.4, 0.5) is 5.95 Å². The number of H-pyrrole nitrogens is 1. The maximum atomic E-state index is 6.10. The Morgan fingerprint density at radius 2 is 2.21 bits per heavy atom. The maximum Gasteiger partial charge on any atom is 0.244 e. The van der Waals surface area contributed by atoms with Gasteiger partial charge in [0.05, 0.1) is 5.60 Å². The Kier molecular flexibility index (Phi) is 4.10. The zero-order valence-corrected chi connectivity index (χ0v) is 12.3. The van der Waals surface area contributed by atoms with E-state index >= 15 is 0 Å². The van der Waals surface area contributed by atoms with Crippen molar-refractivity contribution in [2.45, 2.75) is 52.4 Å². The average molecular weight is 267 g/mol. The van der Waals surface area contributed by atoms with Crippen molar-refractivity contribution in [1.82, 2.24) is 15.2 Å². The Hall–Kier alpha value is -1.14. The van der Waals surface area contributed by atoms with Gasteiger partial charge in [-0.3, -0.25) is 5.10 Å². The van der Waals surface area contributed by atoms with Crippen LogP contribution in [-0.4, -0.2) is 39.9 Å². The molecule has 6 heteroatoms. The van der Waals surface area contributed by atoms with E-state index in [9.17, 15) is 0 Å². The predicted octanol–water partition coefficient (Wildman–Crippen LogP) is 1.29. The molecule has 3 N–H and O–H groups in total. The summed E-state index contributed by atoms with van der Waals surface area (Å²) in [5, 5.41) is 7.19. The molecule has 1 aliphatic heterocycles. The number of hydrogen-bond donors (Lipinski definition) is 2. The highest BCUT2D eigenvalue weighted by molar-refractivity contribution is 5.30. The Morgan fingerprint density at radius 3 is 2.84 bits per heavy atom. The number of aromatic amines is 1. The van der Waals surface area contributed by atoms with Gasteiger partial charge in [0.15, 0.2) is 5.82 Å². The van der Waals surface area contributed by atoms with Gasteiger partial charge in [0.25, 0.3) is 0 Å². The smallest absolute Gasteiger partial charge is 0.244 e. The molecule has 1 aromatic rings.